The fourth-order valence-corrected chi connectivity index (χ4v) is 2.59. The minimum atomic E-state index is -4.26. The van der Waals surface area contributed by atoms with E-state index < -0.39 is 38.0 Å². The molecule has 0 N–H and O–H groups in total. The van der Waals surface area contributed by atoms with Crippen LogP contribution >= 0.6 is 10.7 Å². The number of hydrogen-bond donors (Lipinski definition) is 0. The molecule has 0 spiro atoms. The molecule has 0 aliphatic heterocycles. The quantitative estimate of drug-likeness (QED) is 0.801. The summed E-state index contributed by atoms with van der Waals surface area (Å²) in [5.41, 5.74) is -0.375. The van der Waals surface area contributed by atoms with Crippen LogP contribution in [-0.4, -0.2) is 8.42 Å². The van der Waals surface area contributed by atoms with Gasteiger partial charge in [-0.3, -0.25) is 0 Å². The van der Waals surface area contributed by atoms with Crippen molar-refractivity contribution in [1.29, 1.82) is 0 Å². The van der Waals surface area contributed by atoms with E-state index in [-0.39, 0.29) is 11.3 Å². The lowest BCUT2D eigenvalue weighted by atomic mass is 10.2. The van der Waals surface area contributed by atoms with E-state index in [1.165, 1.54) is 6.07 Å². The van der Waals surface area contributed by atoms with Crippen molar-refractivity contribution in [3.8, 4) is 5.75 Å². The Kier molecular flexibility index (Phi) is 4.43. The van der Waals surface area contributed by atoms with Crippen LogP contribution in [0.5, 0.6) is 5.75 Å². The van der Waals surface area contributed by atoms with E-state index in [1.807, 2.05) is 0 Å². The van der Waals surface area contributed by atoms with E-state index in [9.17, 15) is 21.6 Å². The Bertz CT molecular complexity index is 758. The van der Waals surface area contributed by atoms with Crippen LogP contribution in [0.2, 0.25) is 0 Å². The highest BCUT2D eigenvalue weighted by molar-refractivity contribution is 8.13. The van der Waals surface area contributed by atoms with Crippen LogP contribution in [0.1, 0.15) is 5.56 Å². The van der Waals surface area contributed by atoms with Gasteiger partial charge in [0.15, 0.2) is 0 Å². The summed E-state index contributed by atoms with van der Waals surface area (Å²) >= 11 is 0. The Morgan fingerprint density at radius 1 is 1.05 bits per heavy atom. The Labute approximate surface area is 123 Å². The summed E-state index contributed by atoms with van der Waals surface area (Å²) < 4.78 is 67.6. The molecule has 21 heavy (non-hydrogen) atoms. The molecule has 0 radical (unpaired) electrons. The summed E-state index contributed by atoms with van der Waals surface area (Å²) in [7, 11) is 0.896. The maximum atomic E-state index is 13.4. The predicted molar refractivity (Wildman–Crippen MR) is 70.1 cm³/mol. The van der Waals surface area contributed by atoms with Crippen molar-refractivity contribution in [2.24, 2.45) is 0 Å². The highest BCUT2D eigenvalue weighted by atomic mass is 35.7. The van der Waals surface area contributed by atoms with Crippen molar-refractivity contribution in [1.82, 2.24) is 0 Å². The van der Waals surface area contributed by atoms with Crippen molar-refractivity contribution < 1.29 is 26.3 Å². The smallest absolute Gasteiger partial charge is 0.265 e. The zero-order chi connectivity index (χ0) is 15.6. The van der Waals surface area contributed by atoms with Gasteiger partial charge in [0.05, 0.1) is 5.56 Å². The number of ether oxygens (including phenoxy) is 1. The van der Waals surface area contributed by atoms with Gasteiger partial charge in [0, 0.05) is 10.7 Å². The molecule has 0 fully saturated rings. The van der Waals surface area contributed by atoms with E-state index in [4.69, 9.17) is 15.4 Å². The maximum absolute atomic E-state index is 13.4. The van der Waals surface area contributed by atoms with Crippen LogP contribution in [0.15, 0.2) is 41.3 Å². The van der Waals surface area contributed by atoms with Crippen LogP contribution in [0.3, 0.4) is 0 Å². The molecule has 2 aromatic carbocycles. The third kappa shape index (κ3) is 3.68. The topological polar surface area (TPSA) is 43.4 Å². The van der Waals surface area contributed by atoms with E-state index >= 15 is 0 Å². The second-order valence-corrected chi connectivity index (χ2v) is 6.55. The van der Waals surface area contributed by atoms with Crippen molar-refractivity contribution in [2.45, 2.75) is 11.5 Å². The molecule has 0 aliphatic rings. The van der Waals surface area contributed by atoms with Crippen LogP contribution < -0.4 is 4.74 Å². The standard InChI is InChI=1S/C13H8ClF3O3S/c14-21(18,19)13-6-8(15)4-5-12(13)20-7-9-10(16)2-1-3-11(9)17/h1-6H,7H2. The molecule has 0 heterocycles. The molecule has 0 amide bonds. The number of benzene rings is 2. The summed E-state index contributed by atoms with van der Waals surface area (Å²) in [6.07, 6.45) is 0. The highest BCUT2D eigenvalue weighted by Crippen LogP contribution is 2.28. The first-order valence-corrected chi connectivity index (χ1v) is 7.90. The number of halogens is 4. The lowest BCUT2D eigenvalue weighted by Crippen LogP contribution is -2.04. The Morgan fingerprint density at radius 3 is 2.24 bits per heavy atom. The van der Waals surface area contributed by atoms with Crippen LogP contribution in [0.25, 0.3) is 0 Å². The van der Waals surface area contributed by atoms with Crippen molar-refractivity contribution in [3.05, 3.63) is 59.4 Å². The molecule has 2 aromatic rings. The molecule has 0 unspecified atom stereocenters. The fraction of sp³-hybridized carbons (Fsp3) is 0.0769. The predicted octanol–water partition coefficient (Wildman–Crippen LogP) is 3.61. The molecule has 0 atom stereocenters. The van der Waals surface area contributed by atoms with E-state index in [0.717, 1.165) is 24.3 Å². The monoisotopic (exact) mass is 336 g/mol. The van der Waals surface area contributed by atoms with E-state index in [0.29, 0.717) is 6.07 Å². The second kappa shape index (κ2) is 5.95. The first-order chi connectivity index (χ1) is 9.79. The Hall–Kier alpha value is -1.73. The average molecular weight is 337 g/mol. The molecule has 0 aromatic heterocycles. The third-order valence-corrected chi connectivity index (χ3v) is 3.95. The molecule has 0 saturated carbocycles. The minimum absolute atomic E-state index is 0.297. The summed E-state index contributed by atoms with van der Waals surface area (Å²) in [5.74, 6) is -2.81. The van der Waals surface area contributed by atoms with Gasteiger partial charge in [-0.05, 0) is 30.3 Å². The largest absolute Gasteiger partial charge is 0.487 e. The SMILES string of the molecule is O=S(=O)(Cl)c1cc(F)ccc1OCc1c(F)cccc1F. The first kappa shape index (κ1) is 15.7. The van der Waals surface area contributed by atoms with Gasteiger partial charge in [0.2, 0.25) is 0 Å². The van der Waals surface area contributed by atoms with E-state index in [2.05, 4.69) is 0 Å². The van der Waals surface area contributed by atoms with Gasteiger partial charge in [-0.25, -0.2) is 21.6 Å². The van der Waals surface area contributed by atoms with Crippen molar-refractivity contribution in [2.75, 3.05) is 0 Å². The molecule has 3 nitrogen and oxygen atoms in total. The highest BCUT2D eigenvalue weighted by Gasteiger charge is 2.19. The minimum Gasteiger partial charge on any atom is -0.487 e. The Balaban J connectivity index is 2.33. The molecular formula is C13H8ClF3O3S. The van der Waals surface area contributed by atoms with Crippen LogP contribution in [-0.2, 0) is 15.7 Å². The average Bonchev–Trinajstić information content (AvgIpc) is 2.38. The maximum Gasteiger partial charge on any atom is 0.265 e. The first-order valence-electron chi connectivity index (χ1n) is 5.59. The lowest BCUT2D eigenvalue weighted by molar-refractivity contribution is 0.284. The molecule has 0 aliphatic carbocycles. The summed E-state index contributed by atoms with van der Waals surface area (Å²) in [6, 6.07) is 5.87. The lowest BCUT2D eigenvalue weighted by Gasteiger charge is -2.11. The van der Waals surface area contributed by atoms with Gasteiger partial charge in [-0.1, -0.05) is 6.07 Å². The molecule has 2 rings (SSSR count). The van der Waals surface area contributed by atoms with E-state index in [1.54, 1.807) is 0 Å². The molecule has 8 heteroatoms. The fourth-order valence-electron chi connectivity index (χ4n) is 1.61. The van der Waals surface area contributed by atoms with Crippen LogP contribution in [0, 0.1) is 17.5 Å². The summed E-state index contributed by atoms with van der Waals surface area (Å²) in [6.45, 7) is -0.566. The second-order valence-electron chi connectivity index (χ2n) is 4.02. The molecule has 0 saturated heterocycles. The van der Waals surface area contributed by atoms with Gasteiger partial charge >= 0.3 is 0 Å². The summed E-state index contributed by atoms with van der Waals surface area (Å²) in [5, 5.41) is 0. The zero-order valence-electron chi connectivity index (χ0n) is 10.3. The third-order valence-electron chi connectivity index (χ3n) is 2.60. The number of hydrogen-bond acceptors (Lipinski definition) is 3. The van der Waals surface area contributed by atoms with Crippen LogP contribution in [0.4, 0.5) is 13.2 Å². The summed E-state index contributed by atoms with van der Waals surface area (Å²) in [4.78, 5) is -0.610. The Morgan fingerprint density at radius 2 is 1.67 bits per heavy atom. The van der Waals surface area contributed by atoms with Gasteiger partial charge < -0.3 is 4.74 Å². The van der Waals surface area contributed by atoms with Crippen molar-refractivity contribution in [3.63, 3.8) is 0 Å². The van der Waals surface area contributed by atoms with Gasteiger partial charge in [-0.2, -0.15) is 0 Å². The van der Waals surface area contributed by atoms with Gasteiger partial charge in [0.1, 0.15) is 34.7 Å². The molecule has 112 valence electrons. The zero-order valence-corrected chi connectivity index (χ0v) is 11.9. The molecular weight excluding hydrogens is 329 g/mol. The molecule has 0 bridgehead atoms. The van der Waals surface area contributed by atoms with Gasteiger partial charge in [0.25, 0.3) is 9.05 Å². The number of rotatable bonds is 4. The normalized spacial score (nSPS) is 11.4. The van der Waals surface area contributed by atoms with Gasteiger partial charge in [-0.15, -0.1) is 0 Å². The van der Waals surface area contributed by atoms with Crippen molar-refractivity contribution >= 4 is 19.7 Å².